The second-order valence-corrected chi connectivity index (χ2v) is 9.38. The molecule has 0 bridgehead atoms. The minimum atomic E-state index is -0.147. The number of pyridine rings is 2. The molecule has 0 radical (unpaired) electrons. The third kappa shape index (κ3) is 6.84. The number of hydrogen-bond donors (Lipinski definition) is 2. The number of nitriles is 1. The van der Waals surface area contributed by atoms with Crippen LogP contribution in [-0.4, -0.2) is 38.9 Å². The molecule has 0 saturated heterocycles. The van der Waals surface area contributed by atoms with Gasteiger partial charge in [0.1, 0.15) is 6.10 Å². The lowest BCUT2D eigenvalue weighted by atomic mass is 9.99. The average molecular weight is 587 g/mol. The van der Waals surface area contributed by atoms with Crippen molar-refractivity contribution >= 4 is 30.5 Å². The first-order chi connectivity index (χ1) is 19.3. The lowest BCUT2D eigenvalue weighted by molar-refractivity contribution is 0.150. The Kier molecular flexibility index (Phi) is 9.93. The highest BCUT2D eigenvalue weighted by molar-refractivity contribution is 5.85. The molecule has 3 aromatic heterocycles. The molecule has 4 heterocycles. The van der Waals surface area contributed by atoms with Crippen LogP contribution < -0.4 is 15.4 Å². The largest absolute Gasteiger partial charge is 0.469 e. The van der Waals surface area contributed by atoms with Gasteiger partial charge in [0.05, 0.1) is 36.1 Å². The van der Waals surface area contributed by atoms with E-state index in [-0.39, 0.29) is 37.0 Å². The lowest BCUT2D eigenvalue weighted by Crippen LogP contribution is -2.43. The molecule has 0 saturated carbocycles. The van der Waals surface area contributed by atoms with Crippen LogP contribution in [0.25, 0.3) is 16.9 Å². The first kappa shape index (κ1) is 29.6. The zero-order valence-electron chi connectivity index (χ0n) is 22.1. The molecule has 0 amide bonds. The first-order valence-corrected chi connectivity index (χ1v) is 12.9. The molecule has 2 N–H and O–H groups in total. The average Bonchev–Trinajstić information content (AvgIpc) is 3.51. The van der Waals surface area contributed by atoms with E-state index in [0.29, 0.717) is 18.0 Å². The monoisotopic (exact) mass is 585 g/mol. The van der Waals surface area contributed by atoms with Crippen LogP contribution in [-0.2, 0) is 6.42 Å². The molecule has 5 aromatic rings. The number of nitrogens with one attached hydrogen (secondary N) is 2. The van der Waals surface area contributed by atoms with Crippen molar-refractivity contribution in [3.05, 3.63) is 120 Å². The van der Waals surface area contributed by atoms with E-state index in [1.165, 1.54) is 5.56 Å². The Morgan fingerprint density at radius 3 is 2.54 bits per heavy atom. The summed E-state index contributed by atoms with van der Waals surface area (Å²) in [4.78, 5) is 9.01. The number of fused-ring (bicyclic) bond motifs is 1. The summed E-state index contributed by atoms with van der Waals surface area (Å²) in [7, 11) is 0. The number of ether oxygens (including phenoxy) is 1. The number of rotatable bonds is 8. The number of halogens is 2. The van der Waals surface area contributed by atoms with Crippen LogP contribution in [0.4, 0.5) is 5.69 Å². The Labute approximate surface area is 251 Å². The molecule has 0 unspecified atom stereocenters. The fourth-order valence-corrected chi connectivity index (χ4v) is 4.74. The summed E-state index contributed by atoms with van der Waals surface area (Å²) in [6, 6.07) is 28.0. The standard InChI is InChI=1S/C31H27N7O.2ClH/c32-17-23-11-9-22(10-12-23)13-15-34-30(24-6-2-1-3-7-24)28-20-35-27-16-25(18-36-31(27)39-28)26-19-37-38(21-26)29-8-4-5-14-33-29;;/h1-12,14,16,18-19,21,28,30,34-35H,13,15,20H2;2*1H/t28-,30+;;/m0../s1. The highest BCUT2D eigenvalue weighted by Crippen LogP contribution is 2.34. The van der Waals surface area contributed by atoms with Crippen molar-refractivity contribution in [2.75, 3.05) is 18.4 Å². The van der Waals surface area contributed by atoms with Gasteiger partial charge < -0.3 is 15.4 Å². The molecule has 2 atom stereocenters. The summed E-state index contributed by atoms with van der Waals surface area (Å²) in [5.74, 6) is 1.35. The van der Waals surface area contributed by atoms with Crippen LogP contribution in [0, 0.1) is 11.3 Å². The van der Waals surface area contributed by atoms with Crippen molar-refractivity contribution in [2.45, 2.75) is 18.6 Å². The molecular weight excluding hydrogens is 557 g/mol. The molecule has 0 fully saturated rings. The highest BCUT2D eigenvalue weighted by Gasteiger charge is 2.29. The van der Waals surface area contributed by atoms with Gasteiger partial charge in [-0.2, -0.15) is 10.4 Å². The Morgan fingerprint density at radius 1 is 0.976 bits per heavy atom. The normalized spacial score (nSPS) is 14.2. The van der Waals surface area contributed by atoms with E-state index in [9.17, 15) is 0 Å². The Morgan fingerprint density at radius 2 is 1.78 bits per heavy atom. The maximum absolute atomic E-state index is 9.04. The molecule has 2 aromatic carbocycles. The summed E-state index contributed by atoms with van der Waals surface area (Å²) in [5.41, 5.74) is 5.77. The molecule has 8 nitrogen and oxygen atoms in total. The summed E-state index contributed by atoms with van der Waals surface area (Å²) >= 11 is 0. The highest BCUT2D eigenvalue weighted by atomic mass is 35.5. The van der Waals surface area contributed by atoms with Gasteiger partial charge in [0.15, 0.2) is 5.82 Å². The molecule has 208 valence electrons. The number of benzene rings is 2. The van der Waals surface area contributed by atoms with Gasteiger partial charge in [-0.15, -0.1) is 24.8 Å². The summed E-state index contributed by atoms with van der Waals surface area (Å²) in [5, 5.41) is 20.7. The van der Waals surface area contributed by atoms with Crippen LogP contribution in [0.15, 0.2) is 104 Å². The van der Waals surface area contributed by atoms with Crippen LogP contribution in [0.5, 0.6) is 5.88 Å². The van der Waals surface area contributed by atoms with Crippen molar-refractivity contribution in [1.82, 2.24) is 25.1 Å². The maximum Gasteiger partial charge on any atom is 0.237 e. The summed E-state index contributed by atoms with van der Waals surface area (Å²) in [6.07, 6.45) is 8.03. The predicted octanol–water partition coefficient (Wildman–Crippen LogP) is 5.79. The van der Waals surface area contributed by atoms with Gasteiger partial charge in [-0.05, 0) is 54.4 Å². The SMILES string of the molecule is Cl.Cl.N#Cc1ccc(CCN[C@H](c2ccccc2)[C@@H]2CNc3cc(-c4cnn(-c5ccccn5)c4)cnc3O2)cc1. The van der Waals surface area contributed by atoms with E-state index in [1.54, 1.807) is 10.9 Å². The van der Waals surface area contributed by atoms with E-state index < -0.39 is 0 Å². The van der Waals surface area contributed by atoms with Crippen molar-refractivity contribution in [1.29, 1.82) is 5.26 Å². The molecule has 10 heteroatoms. The van der Waals surface area contributed by atoms with Gasteiger partial charge in [-0.1, -0.05) is 48.5 Å². The van der Waals surface area contributed by atoms with E-state index in [0.717, 1.165) is 41.2 Å². The predicted molar refractivity (Wildman–Crippen MR) is 164 cm³/mol. The molecule has 0 aliphatic carbocycles. The molecule has 41 heavy (non-hydrogen) atoms. The number of nitrogens with zero attached hydrogens (tertiary/aromatic N) is 5. The van der Waals surface area contributed by atoms with Crippen molar-refractivity contribution in [3.8, 4) is 28.9 Å². The van der Waals surface area contributed by atoms with Crippen molar-refractivity contribution in [2.24, 2.45) is 0 Å². The third-order valence-electron chi connectivity index (χ3n) is 6.80. The minimum absolute atomic E-state index is 0. The maximum atomic E-state index is 9.04. The molecule has 1 aliphatic rings. The topological polar surface area (TPSA) is 101 Å². The summed E-state index contributed by atoms with van der Waals surface area (Å²) in [6.45, 7) is 1.40. The van der Waals surface area contributed by atoms with Gasteiger partial charge in [-0.25, -0.2) is 14.6 Å². The smallest absolute Gasteiger partial charge is 0.237 e. The second-order valence-electron chi connectivity index (χ2n) is 9.38. The Balaban J connectivity index is 0.00000194. The van der Waals surface area contributed by atoms with Crippen LogP contribution in [0.3, 0.4) is 0 Å². The molecular formula is C31H29Cl2N7O. The zero-order chi connectivity index (χ0) is 26.4. The zero-order valence-corrected chi connectivity index (χ0v) is 23.7. The van der Waals surface area contributed by atoms with Gasteiger partial charge in [0, 0.05) is 29.7 Å². The fourth-order valence-electron chi connectivity index (χ4n) is 4.74. The summed E-state index contributed by atoms with van der Waals surface area (Å²) < 4.78 is 8.20. The van der Waals surface area contributed by atoms with E-state index in [1.807, 2.05) is 85.3 Å². The van der Waals surface area contributed by atoms with Gasteiger partial charge >= 0.3 is 0 Å². The van der Waals surface area contributed by atoms with Gasteiger partial charge in [0.2, 0.25) is 5.88 Å². The van der Waals surface area contributed by atoms with Crippen LogP contribution >= 0.6 is 24.8 Å². The van der Waals surface area contributed by atoms with Gasteiger partial charge in [0.25, 0.3) is 0 Å². The lowest BCUT2D eigenvalue weighted by Gasteiger charge is -2.33. The van der Waals surface area contributed by atoms with Gasteiger partial charge in [-0.3, -0.25) is 0 Å². The molecule has 1 aliphatic heterocycles. The van der Waals surface area contributed by atoms with E-state index in [2.05, 4.69) is 43.9 Å². The second kappa shape index (κ2) is 13.8. The molecule has 6 rings (SSSR count). The number of aromatic nitrogens is 4. The van der Waals surface area contributed by atoms with Crippen molar-refractivity contribution in [3.63, 3.8) is 0 Å². The Hall–Kier alpha value is -4.42. The Bertz CT molecular complexity index is 1590. The van der Waals surface area contributed by atoms with Crippen LogP contribution in [0.2, 0.25) is 0 Å². The van der Waals surface area contributed by atoms with Crippen molar-refractivity contribution < 1.29 is 4.74 Å². The quantitative estimate of drug-likeness (QED) is 0.237. The minimum Gasteiger partial charge on any atom is -0.469 e. The third-order valence-corrected chi connectivity index (χ3v) is 6.80. The van der Waals surface area contributed by atoms with E-state index >= 15 is 0 Å². The van der Waals surface area contributed by atoms with Crippen LogP contribution in [0.1, 0.15) is 22.7 Å². The first-order valence-electron chi connectivity index (χ1n) is 12.9. The molecule has 0 spiro atoms. The van der Waals surface area contributed by atoms with E-state index in [4.69, 9.17) is 10.00 Å². The number of hydrogen-bond acceptors (Lipinski definition) is 7. The fraction of sp³-hybridized carbons (Fsp3) is 0.161. The number of anilines is 1.